The Morgan fingerprint density at radius 1 is 1.21 bits per heavy atom. The Bertz CT molecular complexity index is 752. The van der Waals surface area contributed by atoms with Crippen LogP contribution in [-0.4, -0.2) is 23.5 Å². The summed E-state index contributed by atoms with van der Waals surface area (Å²) in [6, 6.07) is 6.68. The fourth-order valence-electron chi connectivity index (χ4n) is 2.36. The zero-order valence-corrected chi connectivity index (χ0v) is 13.8. The van der Waals surface area contributed by atoms with Gasteiger partial charge in [-0.2, -0.15) is 0 Å². The number of amides is 3. The molecule has 1 aromatic carbocycles. The van der Waals surface area contributed by atoms with Crippen LogP contribution in [0.3, 0.4) is 0 Å². The molecule has 2 aromatic rings. The standard InChI is InChI=1S/C17H22N4O3/c1-3-7-24-14-6-5-10(4-2)8-11(14)13-9-12(15(18)22)16(20-13)21-17(19)23/h5-6,8-9,20H,3-4,7H2,1-2H3,(H2,18,22)(H3,19,21,23). The summed E-state index contributed by atoms with van der Waals surface area (Å²) in [4.78, 5) is 25.7. The van der Waals surface area contributed by atoms with E-state index in [2.05, 4.69) is 17.2 Å². The Hall–Kier alpha value is -2.96. The number of ether oxygens (including phenoxy) is 1. The lowest BCUT2D eigenvalue weighted by atomic mass is 10.0. The molecule has 0 bridgehead atoms. The third kappa shape index (κ3) is 3.87. The molecule has 7 heteroatoms. The first kappa shape index (κ1) is 17.4. The lowest BCUT2D eigenvalue weighted by Crippen LogP contribution is -2.22. The molecule has 24 heavy (non-hydrogen) atoms. The highest BCUT2D eigenvalue weighted by Gasteiger charge is 2.17. The van der Waals surface area contributed by atoms with Gasteiger partial charge in [0.05, 0.1) is 17.9 Å². The quantitative estimate of drug-likeness (QED) is 0.624. The molecule has 1 heterocycles. The van der Waals surface area contributed by atoms with E-state index >= 15 is 0 Å². The summed E-state index contributed by atoms with van der Waals surface area (Å²) in [5.41, 5.74) is 13.2. The lowest BCUT2D eigenvalue weighted by Gasteiger charge is -2.11. The number of nitrogens with two attached hydrogens (primary N) is 2. The first-order valence-corrected chi connectivity index (χ1v) is 7.81. The first-order chi connectivity index (χ1) is 11.5. The van der Waals surface area contributed by atoms with Crippen LogP contribution in [0.2, 0.25) is 0 Å². The van der Waals surface area contributed by atoms with Crippen molar-refractivity contribution in [3.05, 3.63) is 35.4 Å². The van der Waals surface area contributed by atoms with Crippen molar-refractivity contribution in [2.75, 3.05) is 11.9 Å². The van der Waals surface area contributed by atoms with Gasteiger partial charge in [0.15, 0.2) is 0 Å². The second kappa shape index (κ2) is 7.54. The molecule has 128 valence electrons. The van der Waals surface area contributed by atoms with Gasteiger partial charge in [0.25, 0.3) is 5.91 Å². The van der Waals surface area contributed by atoms with Gasteiger partial charge in [-0.3, -0.25) is 10.1 Å². The molecule has 0 aliphatic rings. The molecule has 0 unspecified atom stereocenters. The number of benzene rings is 1. The summed E-state index contributed by atoms with van der Waals surface area (Å²) in [5.74, 6) is 0.203. The minimum absolute atomic E-state index is 0.159. The number of carbonyl (C=O) groups excluding carboxylic acids is 2. The highest BCUT2D eigenvalue weighted by Crippen LogP contribution is 2.33. The zero-order chi connectivity index (χ0) is 17.7. The molecule has 0 atom stereocenters. The minimum Gasteiger partial charge on any atom is -0.493 e. The van der Waals surface area contributed by atoms with E-state index in [1.54, 1.807) is 6.07 Å². The Morgan fingerprint density at radius 2 is 1.96 bits per heavy atom. The summed E-state index contributed by atoms with van der Waals surface area (Å²) in [6.45, 7) is 4.65. The number of rotatable bonds is 7. The average Bonchev–Trinajstić information content (AvgIpc) is 2.96. The van der Waals surface area contributed by atoms with Crippen LogP contribution in [0.5, 0.6) is 5.75 Å². The van der Waals surface area contributed by atoms with Crippen molar-refractivity contribution in [3.63, 3.8) is 0 Å². The lowest BCUT2D eigenvalue weighted by molar-refractivity contribution is 0.100. The number of aryl methyl sites for hydroxylation is 1. The molecule has 0 aliphatic carbocycles. The number of hydrogen-bond acceptors (Lipinski definition) is 3. The Kier molecular flexibility index (Phi) is 5.47. The predicted molar refractivity (Wildman–Crippen MR) is 93.1 cm³/mol. The largest absolute Gasteiger partial charge is 0.493 e. The van der Waals surface area contributed by atoms with Gasteiger partial charge in [0.1, 0.15) is 11.6 Å². The summed E-state index contributed by atoms with van der Waals surface area (Å²) in [7, 11) is 0. The van der Waals surface area contributed by atoms with Crippen LogP contribution in [-0.2, 0) is 6.42 Å². The number of primary amides is 2. The van der Waals surface area contributed by atoms with Gasteiger partial charge < -0.3 is 21.2 Å². The van der Waals surface area contributed by atoms with E-state index in [9.17, 15) is 9.59 Å². The maximum atomic E-state index is 11.6. The van der Waals surface area contributed by atoms with Crippen LogP contribution in [0.25, 0.3) is 11.3 Å². The van der Waals surface area contributed by atoms with Crippen molar-refractivity contribution in [2.45, 2.75) is 26.7 Å². The highest BCUT2D eigenvalue weighted by molar-refractivity contribution is 6.03. The van der Waals surface area contributed by atoms with Crippen LogP contribution in [0.15, 0.2) is 24.3 Å². The third-order valence-corrected chi connectivity index (χ3v) is 3.54. The molecule has 0 saturated carbocycles. The maximum absolute atomic E-state index is 11.6. The summed E-state index contributed by atoms with van der Waals surface area (Å²) < 4.78 is 5.78. The number of hydrogen-bond donors (Lipinski definition) is 4. The van der Waals surface area contributed by atoms with Gasteiger partial charge in [0.2, 0.25) is 0 Å². The molecule has 6 N–H and O–H groups in total. The van der Waals surface area contributed by atoms with Gasteiger partial charge in [-0.1, -0.05) is 19.9 Å². The number of aromatic amines is 1. The van der Waals surface area contributed by atoms with Crippen LogP contribution in [0, 0.1) is 0 Å². The smallest absolute Gasteiger partial charge is 0.317 e. The van der Waals surface area contributed by atoms with Gasteiger partial charge >= 0.3 is 6.03 Å². The van der Waals surface area contributed by atoms with E-state index in [1.165, 1.54) is 0 Å². The molecule has 0 fully saturated rings. The normalized spacial score (nSPS) is 10.4. The van der Waals surface area contributed by atoms with E-state index < -0.39 is 11.9 Å². The third-order valence-electron chi connectivity index (χ3n) is 3.54. The van der Waals surface area contributed by atoms with E-state index in [0.29, 0.717) is 18.1 Å². The molecular weight excluding hydrogens is 308 g/mol. The monoisotopic (exact) mass is 330 g/mol. The molecule has 7 nitrogen and oxygen atoms in total. The maximum Gasteiger partial charge on any atom is 0.317 e. The van der Waals surface area contributed by atoms with E-state index in [0.717, 1.165) is 24.0 Å². The van der Waals surface area contributed by atoms with E-state index in [4.69, 9.17) is 16.2 Å². The Balaban J connectivity index is 2.53. The molecule has 0 spiro atoms. The number of aromatic nitrogens is 1. The number of nitrogens with one attached hydrogen (secondary N) is 2. The van der Waals surface area contributed by atoms with Gasteiger partial charge in [-0.25, -0.2) is 4.79 Å². The van der Waals surface area contributed by atoms with Gasteiger partial charge in [-0.05, 0) is 36.6 Å². The van der Waals surface area contributed by atoms with E-state index in [1.807, 2.05) is 25.1 Å². The minimum atomic E-state index is -0.782. The second-order valence-corrected chi connectivity index (χ2v) is 5.36. The summed E-state index contributed by atoms with van der Waals surface area (Å²) >= 11 is 0. The molecule has 0 saturated heterocycles. The zero-order valence-electron chi connectivity index (χ0n) is 13.8. The first-order valence-electron chi connectivity index (χ1n) is 7.81. The van der Waals surface area contributed by atoms with Crippen LogP contribution in [0.4, 0.5) is 10.6 Å². The van der Waals surface area contributed by atoms with Crippen molar-refractivity contribution in [1.29, 1.82) is 0 Å². The number of anilines is 1. The number of H-pyrrole nitrogens is 1. The molecule has 2 rings (SSSR count). The van der Waals surface area contributed by atoms with Crippen LogP contribution < -0.4 is 21.5 Å². The Labute approximate surface area is 140 Å². The topological polar surface area (TPSA) is 123 Å². The molecule has 1 aromatic heterocycles. The SMILES string of the molecule is CCCOc1ccc(CC)cc1-c1cc(C(N)=O)c(NC(N)=O)[nH]1. The number of urea groups is 1. The predicted octanol–water partition coefficient (Wildman–Crippen LogP) is 2.62. The van der Waals surface area contributed by atoms with Crippen molar-refractivity contribution < 1.29 is 14.3 Å². The van der Waals surface area contributed by atoms with E-state index in [-0.39, 0.29) is 11.4 Å². The van der Waals surface area contributed by atoms with Crippen molar-refractivity contribution in [2.24, 2.45) is 11.5 Å². The molecule has 3 amide bonds. The van der Waals surface area contributed by atoms with Crippen molar-refractivity contribution in [3.8, 4) is 17.0 Å². The second-order valence-electron chi connectivity index (χ2n) is 5.36. The van der Waals surface area contributed by atoms with Crippen molar-refractivity contribution in [1.82, 2.24) is 4.98 Å². The molecular formula is C17H22N4O3. The number of carbonyl (C=O) groups is 2. The highest BCUT2D eigenvalue weighted by atomic mass is 16.5. The summed E-state index contributed by atoms with van der Waals surface area (Å²) in [6.07, 6.45) is 1.73. The average molecular weight is 330 g/mol. The van der Waals surface area contributed by atoms with Gasteiger partial charge in [0, 0.05) is 5.56 Å². The molecule has 0 aliphatic heterocycles. The van der Waals surface area contributed by atoms with Crippen LogP contribution in [0.1, 0.15) is 36.2 Å². The summed E-state index contributed by atoms with van der Waals surface area (Å²) in [5, 5.41) is 2.38. The molecule has 0 radical (unpaired) electrons. The fraction of sp³-hybridized carbons (Fsp3) is 0.294. The Morgan fingerprint density at radius 3 is 2.54 bits per heavy atom. The van der Waals surface area contributed by atoms with Crippen LogP contribution >= 0.6 is 0 Å². The fourth-order valence-corrected chi connectivity index (χ4v) is 2.36. The van der Waals surface area contributed by atoms with Crippen molar-refractivity contribution >= 4 is 17.8 Å². The van der Waals surface area contributed by atoms with Gasteiger partial charge in [-0.15, -0.1) is 0 Å².